The van der Waals surface area contributed by atoms with E-state index in [1.165, 1.54) is 4.68 Å². The maximum absolute atomic E-state index is 13.0. The molecule has 0 aliphatic heterocycles. The monoisotopic (exact) mass is 583 g/mol. The van der Waals surface area contributed by atoms with Gasteiger partial charge in [0.2, 0.25) is 0 Å². The van der Waals surface area contributed by atoms with Crippen molar-refractivity contribution in [3.63, 3.8) is 0 Å². The Morgan fingerprint density at radius 2 is 2.07 bits per heavy atom. The average molecular weight is 584 g/mol. The Kier molecular flexibility index (Phi) is 7.51. The largest absolute Gasteiger partial charge is 0.493 e. The van der Waals surface area contributed by atoms with Gasteiger partial charge in [-0.05, 0) is 71.8 Å². The van der Waals surface area contributed by atoms with Crippen LogP contribution in [0, 0.1) is 3.57 Å². The van der Waals surface area contributed by atoms with Crippen LogP contribution in [-0.2, 0) is 6.42 Å². The van der Waals surface area contributed by atoms with Gasteiger partial charge < -0.3 is 9.47 Å². The molecule has 0 bridgehead atoms. The lowest BCUT2D eigenvalue weighted by molar-refractivity contribution is 0.206. The molecule has 1 atom stereocenters. The summed E-state index contributed by atoms with van der Waals surface area (Å²) in [5, 5.41) is 4.97. The van der Waals surface area contributed by atoms with Crippen LogP contribution >= 0.6 is 38.5 Å². The Balaban J connectivity index is 2.05. The van der Waals surface area contributed by atoms with Crippen molar-refractivity contribution in [2.24, 2.45) is 5.10 Å². The van der Waals surface area contributed by atoms with Gasteiger partial charge in [-0.1, -0.05) is 29.8 Å². The van der Waals surface area contributed by atoms with Gasteiger partial charge in [-0.2, -0.15) is 9.78 Å². The molecule has 0 amide bonds. The van der Waals surface area contributed by atoms with Crippen molar-refractivity contribution in [2.45, 2.75) is 39.7 Å². The first kappa shape index (κ1) is 22.7. The predicted molar refractivity (Wildman–Crippen MR) is 132 cm³/mol. The molecule has 0 N–H and O–H groups in total. The van der Waals surface area contributed by atoms with Crippen molar-refractivity contribution in [3.05, 3.63) is 60.1 Å². The summed E-state index contributed by atoms with van der Waals surface area (Å²) in [6, 6.07) is 9.27. The number of aromatic nitrogens is 2. The van der Waals surface area contributed by atoms with Crippen LogP contribution in [0.1, 0.15) is 38.6 Å². The van der Waals surface area contributed by atoms with Gasteiger partial charge in [0.15, 0.2) is 11.5 Å². The molecule has 3 rings (SSSR count). The molecule has 0 spiro atoms. The molecule has 0 aliphatic carbocycles. The molecule has 0 aliphatic rings. The number of hydrogen-bond donors (Lipinski definition) is 0. The second kappa shape index (κ2) is 9.91. The van der Waals surface area contributed by atoms with Crippen molar-refractivity contribution in [1.82, 2.24) is 9.66 Å². The number of fused-ring (bicyclic) bond motifs is 1. The average Bonchev–Trinajstić information content (AvgIpc) is 2.74. The maximum Gasteiger partial charge on any atom is 0.282 e. The highest BCUT2D eigenvalue weighted by atomic mass is 127. The van der Waals surface area contributed by atoms with Gasteiger partial charge in [0, 0.05) is 10.9 Å². The first-order valence-corrected chi connectivity index (χ1v) is 11.5. The fraction of sp³-hybridized carbons (Fsp3) is 0.318. The summed E-state index contributed by atoms with van der Waals surface area (Å²) in [7, 11) is 1.61. The first-order valence-electron chi connectivity index (χ1n) is 9.67. The molecule has 0 saturated heterocycles. The van der Waals surface area contributed by atoms with Crippen LogP contribution in [0.3, 0.4) is 0 Å². The summed E-state index contributed by atoms with van der Waals surface area (Å²) in [5.41, 5.74) is 1.26. The molecule has 3 aromatic rings. The lowest BCUT2D eigenvalue weighted by Crippen LogP contribution is -2.22. The van der Waals surface area contributed by atoms with E-state index in [4.69, 9.17) is 9.47 Å². The van der Waals surface area contributed by atoms with Crippen LogP contribution in [-0.4, -0.2) is 29.1 Å². The number of methoxy groups -OCH3 is 1. The molecule has 2 aromatic carbocycles. The van der Waals surface area contributed by atoms with Crippen LogP contribution in [0.15, 0.2) is 44.7 Å². The predicted octanol–water partition coefficient (Wildman–Crippen LogP) is 5.39. The standard InChI is InChI=1S/C22H23BrIN3O3/c1-5-13(3)30-21-17(24)9-14(10-19(21)29-4)12-25-27-20(6-2)26-18-8-7-15(23)11-16(18)22(27)28/h7-13H,5-6H2,1-4H3/t13-/m1/s1. The number of nitrogens with zero attached hydrogens (tertiary/aromatic N) is 3. The summed E-state index contributed by atoms with van der Waals surface area (Å²) >= 11 is 5.64. The topological polar surface area (TPSA) is 65.7 Å². The van der Waals surface area contributed by atoms with E-state index in [1.807, 2.05) is 38.1 Å². The normalized spacial score (nSPS) is 12.5. The minimum absolute atomic E-state index is 0.0839. The summed E-state index contributed by atoms with van der Waals surface area (Å²) in [4.78, 5) is 17.6. The van der Waals surface area contributed by atoms with E-state index in [9.17, 15) is 4.79 Å². The molecule has 8 heteroatoms. The Hall–Kier alpha value is -1.94. The van der Waals surface area contributed by atoms with E-state index in [1.54, 1.807) is 19.4 Å². The van der Waals surface area contributed by atoms with Gasteiger partial charge in [-0.3, -0.25) is 4.79 Å². The van der Waals surface area contributed by atoms with Gasteiger partial charge in [0.05, 0.1) is 33.9 Å². The van der Waals surface area contributed by atoms with Crippen LogP contribution in [0.4, 0.5) is 0 Å². The zero-order valence-corrected chi connectivity index (χ0v) is 21.0. The van der Waals surface area contributed by atoms with E-state index in [0.29, 0.717) is 34.6 Å². The Morgan fingerprint density at radius 3 is 2.73 bits per heavy atom. The van der Waals surface area contributed by atoms with Gasteiger partial charge in [-0.15, -0.1) is 0 Å². The number of hydrogen-bond acceptors (Lipinski definition) is 5. The van der Waals surface area contributed by atoms with Gasteiger partial charge in [-0.25, -0.2) is 4.98 Å². The lowest BCUT2D eigenvalue weighted by Gasteiger charge is -2.17. The maximum atomic E-state index is 13.0. The second-order valence-corrected chi connectivity index (χ2v) is 8.85. The van der Waals surface area contributed by atoms with Crippen LogP contribution in [0.25, 0.3) is 10.9 Å². The molecule has 6 nitrogen and oxygen atoms in total. The zero-order chi connectivity index (χ0) is 21.8. The van der Waals surface area contributed by atoms with Gasteiger partial charge in [0.1, 0.15) is 5.82 Å². The minimum Gasteiger partial charge on any atom is -0.493 e. The summed E-state index contributed by atoms with van der Waals surface area (Å²) in [6.07, 6.45) is 3.21. The molecular formula is C22H23BrIN3O3. The lowest BCUT2D eigenvalue weighted by atomic mass is 10.2. The Morgan fingerprint density at radius 1 is 1.30 bits per heavy atom. The molecule has 0 unspecified atom stereocenters. The van der Waals surface area contributed by atoms with Gasteiger partial charge in [0.25, 0.3) is 5.56 Å². The number of rotatable bonds is 7. The molecule has 30 heavy (non-hydrogen) atoms. The van der Waals surface area contributed by atoms with Crippen molar-refractivity contribution in [1.29, 1.82) is 0 Å². The van der Waals surface area contributed by atoms with E-state index in [-0.39, 0.29) is 11.7 Å². The van der Waals surface area contributed by atoms with Crippen LogP contribution in [0.5, 0.6) is 11.5 Å². The third-order valence-corrected chi connectivity index (χ3v) is 5.95. The number of halogens is 2. The highest BCUT2D eigenvalue weighted by molar-refractivity contribution is 14.1. The highest BCUT2D eigenvalue weighted by Crippen LogP contribution is 2.34. The van der Waals surface area contributed by atoms with E-state index >= 15 is 0 Å². The Labute approximate surface area is 197 Å². The third-order valence-electron chi connectivity index (χ3n) is 4.66. The molecular weight excluding hydrogens is 561 g/mol. The van der Waals surface area contributed by atoms with Crippen molar-refractivity contribution >= 4 is 55.6 Å². The number of ether oxygens (including phenoxy) is 2. The van der Waals surface area contributed by atoms with Crippen LogP contribution < -0.4 is 15.0 Å². The number of aryl methyl sites for hydroxylation is 1. The zero-order valence-electron chi connectivity index (χ0n) is 17.3. The van der Waals surface area contributed by atoms with Gasteiger partial charge >= 0.3 is 0 Å². The fourth-order valence-corrected chi connectivity index (χ4v) is 3.99. The first-order chi connectivity index (χ1) is 14.4. The van der Waals surface area contributed by atoms with Crippen molar-refractivity contribution in [3.8, 4) is 11.5 Å². The van der Waals surface area contributed by atoms with Crippen LogP contribution in [0.2, 0.25) is 0 Å². The smallest absolute Gasteiger partial charge is 0.282 e. The third kappa shape index (κ3) is 4.85. The molecule has 1 heterocycles. The highest BCUT2D eigenvalue weighted by Gasteiger charge is 2.14. The molecule has 1 aromatic heterocycles. The Bertz CT molecular complexity index is 1160. The second-order valence-electron chi connectivity index (χ2n) is 6.78. The molecule has 158 valence electrons. The fourth-order valence-electron chi connectivity index (χ4n) is 2.88. The molecule has 0 radical (unpaired) electrons. The summed E-state index contributed by atoms with van der Waals surface area (Å²) < 4.78 is 14.6. The molecule has 0 fully saturated rings. The van der Waals surface area contributed by atoms with E-state index in [0.717, 1.165) is 20.0 Å². The van der Waals surface area contributed by atoms with E-state index in [2.05, 4.69) is 55.5 Å². The molecule has 0 saturated carbocycles. The minimum atomic E-state index is -0.201. The SMILES string of the molecule is CCc1nc2ccc(Br)cc2c(=O)n1N=Cc1cc(I)c(O[C@H](C)CC)c(OC)c1. The van der Waals surface area contributed by atoms with Crippen molar-refractivity contribution in [2.75, 3.05) is 7.11 Å². The summed E-state index contributed by atoms with van der Waals surface area (Å²) in [6.45, 7) is 6.05. The van der Waals surface area contributed by atoms with Crippen molar-refractivity contribution < 1.29 is 9.47 Å². The van der Waals surface area contributed by atoms with E-state index < -0.39 is 0 Å². The number of benzene rings is 2. The quantitative estimate of drug-likeness (QED) is 0.276. The summed E-state index contributed by atoms with van der Waals surface area (Å²) in [5.74, 6) is 1.95.